The highest BCUT2D eigenvalue weighted by Gasteiger charge is 2.14. The van der Waals surface area contributed by atoms with Gasteiger partial charge in [0.25, 0.3) is 0 Å². The number of aromatic nitrogens is 1. The predicted molar refractivity (Wildman–Crippen MR) is 87.8 cm³/mol. The average Bonchev–Trinajstić information content (AvgIpc) is 2.95. The molecule has 110 valence electrons. The molecule has 0 saturated heterocycles. The number of carbonyl (C=O) groups is 1. The van der Waals surface area contributed by atoms with Crippen molar-refractivity contribution >= 4 is 33.3 Å². The Bertz CT molecular complexity index is 677. The van der Waals surface area contributed by atoms with Gasteiger partial charge in [0, 0.05) is 11.7 Å². The van der Waals surface area contributed by atoms with Crippen molar-refractivity contribution in [1.29, 1.82) is 0 Å². The first-order chi connectivity index (χ1) is 10.2. The Balaban J connectivity index is 1.61. The van der Waals surface area contributed by atoms with E-state index in [0.29, 0.717) is 0 Å². The standard InChI is InChI=1S/C16H19N3OS/c1-11(12-5-3-2-4-6-12)18-16(20)19-13-7-8-14-15(9-13)21-10-17-14/h5,7-11H,2-4,6H2,1H3,(H2,18,19,20). The summed E-state index contributed by atoms with van der Waals surface area (Å²) in [6.45, 7) is 2.04. The molecule has 21 heavy (non-hydrogen) atoms. The minimum absolute atomic E-state index is 0.0948. The molecule has 5 heteroatoms. The molecule has 2 N–H and O–H groups in total. The van der Waals surface area contributed by atoms with Crippen LogP contribution in [0, 0.1) is 0 Å². The monoisotopic (exact) mass is 301 g/mol. The number of nitrogens with one attached hydrogen (secondary N) is 2. The van der Waals surface area contributed by atoms with E-state index in [4.69, 9.17) is 0 Å². The third-order valence-electron chi connectivity index (χ3n) is 3.82. The van der Waals surface area contributed by atoms with Gasteiger partial charge in [-0.3, -0.25) is 0 Å². The van der Waals surface area contributed by atoms with E-state index in [1.807, 2.05) is 30.6 Å². The Kier molecular flexibility index (Phi) is 4.20. The van der Waals surface area contributed by atoms with Crippen LogP contribution in [-0.4, -0.2) is 17.1 Å². The average molecular weight is 301 g/mol. The second-order valence-electron chi connectivity index (χ2n) is 5.38. The van der Waals surface area contributed by atoms with Crippen molar-refractivity contribution in [3.63, 3.8) is 0 Å². The van der Waals surface area contributed by atoms with E-state index in [1.165, 1.54) is 18.4 Å². The molecule has 2 aromatic rings. The summed E-state index contributed by atoms with van der Waals surface area (Å²) in [5.41, 5.74) is 4.92. The van der Waals surface area contributed by atoms with E-state index in [0.717, 1.165) is 28.7 Å². The van der Waals surface area contributed by atoms with Gasteiger partial charge in [0.2, 0.25) is 0 Å². The highest BCUT2D eigenvalue weighted by Crippen LogP contribution is 2.22. The molecule has 0 saturated carbocycles. The lowest BCUT2D eigenvalue weighted by Gasteiger charge is -2.21. The molecule has 1 aromatic heterocycles. The molecule has 1 aliphatic rings. The molecular weight excluding hydrogens is 282 g/mol. The summed E-state index contributed by atoms with van der Waals surface area (Å²) < 4.78 is 1.08. The molecule has 3 rings (SSSR count). The molecule has 0 aliphatic heterocycles. The number of urea groups is 1. The van der Waals surface area contributed by atoms with E-state index in [9.17, 15) is 4.79 Å². The van der Waals surface area contributed by atoms with Crippen LogP contribution in [0.1, 0.15) is 32.6 Å². The van der Waals surface area contributed by atoms with Crippen LogP contribution < -0.4 is 10.6 Å². The minimum Gasteiger partial charge on any atom is -0.332 e. The molecule has 4 nitrogen and oxygen atoms in total. The number of hydrogen-bond donors (Lipinski definition) is 2. The summed E-state index contributed by atoms with van der Waals surface area (Å²) in [5, 5.41) is 5.90. The van der Waals surface area contributed by atoms with E-state index in [-0.39, 0.29) is 12.1 Å². The number of nitrogens with zero attached hydrogens (tertiary/aromatic N) is 1. The molecule has 2 amide bonds. The normalized spacial score (nSPS) is 16.3. The molecule has 0 radical (unpaired) electrons. The lowest BCUT2D eigenvalue weighted by molar-refractivity contribution is 0.250. The molecular formula is C16H19N3OS. The SMILES string of the molecule is CC(NC(=O)Nc1ccc2ncsc2c1)C1=CCCCC1. The third-order valence-corrected chi connectivity index (χ3v) is 4.61. The van der Waals surface area contributed by atoms with Gasteiger partial charge in [-0.1, -0.05) is 11.6 Å². The van der Waals surface area contributed by atoms with Crippen molar-refractivity contribution in [2.45, 2.75) is 38.6 Å². The molecule has 0 bridgehead atoms. The fourth-order valence-electron chi connectivity index (χ4n) is 2.65. The maximum Gasteiger partial charge on any atom is 0.319 e. The largest absolute Gasteiger partial charge is 0.332 e. The van der Waals surface area contributed by atoms with Crippen LogP contribution in [0.15, 0.2) is 35.4 Å². The van der Waals surface area contributed by atoms with Gasteiger partial charge < -0.3 is 10.6 Å². The van der Waals surface area contributed by atoms with Gasteiger partial charge in [-0.2, -0.15) is 0 Å². The van der Waals surface area contributed by atoms with E-state index >= 15 is 0 Å². The Morgan fingerprint density at radius 3 is 3.10 bits per heavy atom. The van der Waals surface area contributed by atoms with Gasteiger partial charge in [-0.25, -0.2) is 9.78 Å². The summed E-state index contributed by atoms with van der Waals surface area (Å²) in [5.74, 6) is 0. The lowest BCUT2D eigenvalue weighted by atomic mass is 9.95. The van der Waals surface area contributed by atoms with Crippen molar-refractivity contribution in [2.75, 3.05) is 5.32 Å². The number of carbonyl (C=O) groups excluding carboxylic acids is 1. The Morgan fingerprint density at radius 2 is 2.29 bits per heavy atom. The second-order valence-corrected chi connectivity index (χ2v) is 6.27. The van der Waals surface area contributed by atoms with Gasteiger partial charge in [-0.15, -0.1) is 11.3 Å². The lowest BCUT2D eigenvalue weighted by Crippen LogP contribution is -2.37. The molecule has 1 aromatic carbocycles. The van der Waals surface area contributed by atoms with Crippen LogP contribution in [0.2, 0.25) is 0 Å². The number of allylic oxidation sites excluding steroid dienone is 1. The van der Waals surface area contributed by atoms with Crippen LogP contribution >= 0.6 is 11.3 Å². The van der Waals surface area contributed by atoms with Crippen LogP contribution in [0.25, 0.3) is 10.2 Å². The van der Waals surface area contributed by atoms with Crippen LogP contribution in [-0.2, 0) is 0 Å². The van der Waals surface area contributed by atoms with Gasteiger partial charge in [-0.05, 0) is 50.8 Å². The van der Waals surface area contributed by atoms with Crippen molar-refractivity contribution in [3.8, 4) is 0 Å². The maximum absolute atomic E-state index is 12.1. The van der Waals surface area contributed by atoms with Gasteiger partial charge in [0.1, 0.15) is 0 Å². The van der Waals surface area contributed by atoms with Crippen LogP contribution in [0.5, 0.6) is 0 Å². The number of rotatable bonds is 3. The zero-order valence-electron chi connectivity index (χ0n) is 12.1. The van der Waals surface area contributed by atoms with E-state index in [2.05, 4.69) is 21.7 Å². The number of hydrogen-bond acceptors (Lipinski definition) is 3. The summed E-state index contributed by atoms with van der Waals surface area (Å²) in [7, 11) is 0. The number of benzene rings is 1. The van der Waals surface area contributed by atoms with Crippen molar-refractivity contribution in [1.82, 2.24) is 10.3 Å². The van der Waals surface area contributed by atoms with E-state index in [1.54, 1.807) is 11.3 Å². The topological polar surface area (TPSA) is 54.0 Å². The minimum atomic E-state index is -0.155. The zero-order chi connectivity index (χ0) is 14.7. The summed E-state index contributed by atoms with van der Waals surface area (Å²) in [6, 6.07) is 5.70. The van der Waals surface area contributed by atoms with Gasteiger partial charge >= 0.3 is 6.03 Å². The van der Waals surface area contributed by atoms with Gasteiger partial charge in [0.15, 0.2) is 0 Å². The van der Waals surface area contributed by atoms with Gasteiger partial charge in [0.05, 0.1) is 15.7 Å². The predicted octanol–water partition coefficient (Wildman–Crippen LogP) is 4.31. The first-order valence-electron chi connectivity index (χ1n) is 7.32. The first-order valence-corrected chi connectivity index (χ1v) is 8.20. The Morgan fingerprint density at radius 1 is 1.38 bits per heavy atom. The fourth-order valence-corrected chi connectivity index (χ4v) is 3.36. The highest BCUT2D eigenvalue weighted by atomic mass is 32.1. The first kappa shape index (κ1) is 14.1. The quantitative estimate of drug-likeness (QED) is 0.830. The number of amides is 2. The number of anilines is 1. The molecule has 1 atom stereocenters. The smallest absolute Gasteiger partial charge is 0.319 e. The third kappa shape index (κ3) is 3.42. The molecule has 1 aliphatic carbocycles. The maximum atomic E-state index is 12.1. The van der Waals surface area contributed by atoms with Crippen molar-refractivity contribution in [3.05, 3.63) is 35.4 Å². The zero-order valence-corrected chi connectivity index (χ0v) is 12.9. The molecule has 0 fully saturated rings. The fraction of sp³-hybridized carbons (Fsp3) is 0.375. The second kappa shape index (κ2) is 6.26. The Labute approximate surface area is 128 Å². The van der Waals surface area contributed by atoms with Crippen molar-refractivity contribution in [2.24, 2.45) is 0 Å². The highest BCUT2D eigenvalue weighted by molar-refractivity contribution is 7.16. The molecule has 0 spiro atoms. The van der Waals surface area contributed by atoms with Crippen LogP contribution in [0.3, 0.4) is 0 Å². The summed E-state index contributed by atoms with van der Waals surface area (Å²) in [4.78, 5) is 16.3. The summed E-state index contributed by atoms with van der Waals surface area (Å²) in [6.07, 6.45) is 6.97. The van der Waals surface area contributed by atoms with E-state index < -0.39 is 0 Å². The number of fused-ring (bicyclic) bond motifs is 1. The van der Waals surface area contributed by atoms with Crippen LogP contribution in [0.4, 0.5) is 10.5 Å². The summed E-state index contributed by atoms with van der Waals surface area (Å²) >= 11 is 1.57. The van der Waals surface area contributed by atoms with Crippen molar-refractivity contribution < 1.29 is 4.79 Å². The molecule has 1 unspecified atom stereocenters. The number of thiazole rings is 1. The Hall–Kier alpha value is -1.88. The molecule has 1 heterocycles.